The average Bonchev–Trinajstić information content (AvgIpc) is 2.89. The van der Waals surface area contributed by atoms with Gasteiger partial charge in [-0.15, -0.1) is 5.10 Å². The average molecular weight is 364 g/mol. The van der Waals surface area contributed by atoms with Crippen molar-refractivity contribution in [2.75, 3.05) is 6.26 Å². The lowest BCUT2D eigenvalue weighted by Crippen LogP contribution is -2.30. The zero-order chi connectivity index (χ0) is 18.8. The van der Waals surface area contributed by atoms with Gasteiger partial charge < -0.3 is 0 Å². The first-order chi connectivity index (χ1) is 11.5. The van der Waals surface area contributed by atoms with Gasteiger partial charge in [0.15, 0.2) is 5.69 Å². The van der Waals surface area contributed by atoms with Gasteiger partial charge in [0.2, 0.25) is 10.0 Å². The smallest absolute Gasteiger partial charge is 0.266 e. The fraction of sp³-hybridized carbons (Fsp3) is 0.471. The van der Waals surface area contributed by atoms with Crippen LogP contribution in [-0.2, 0) is 21.9 Å². The molecule has 0 fully saturated rings. The first kappa shape index (κ1) is 19.1. The predicted molar refractivity (Wildman–Crippen MR) is 96.4 cm³/mol. The Kier molecular flexibility index (Phi) is 5.31. The number of sulfonamides is 1. The molecule has 0 bridgehead atoms. The Hall–Kier alpha value is -2.22. The summed E-state index contributed by atoms with van der Waals surface area (Å²) in [5.41, 5.74) is 2.62. The summed E-state index contributed by atoms with van der Waals surface area (Å²) >= 11 is 0. The molecule has 8 heteroatoms. The molecule has 0 aliphatic heterocycles. The number of nitrogens with one attached hydrogen (secondary N) is 1. The summed E-state index contributed by atoms with van der Waals surface area (Å²) in [5.74, 6) is -0.761. The molecule has 136 valence electrons. The molecule has 2 rings (SSSR count). The number of aromatic nitrogens is 3. The highest BCUT2D eigenvalue weighted by atomic mass is 32.2. The molecule has 2 aromatic rings. The molecule has 0 atom stereocenters. The van der Waals surface area contributed by atoms with Crippen molar-refractivity contribution in [1.82, 2.24) is 19.7 Å². The predicted octanol–water partition coefficient (Wildman–Crippen LogP) is 2.21. The highest BCUT2D eigenvalue weighted by Crippen LogP contribution is 2.24. The third-order valence-corrected chi connectivity index (χ3v) is 4.28. The van der Waals surface area contributed by atoms with Crippen molar-refractivity contribution in [3.63, 3.8) is 0 Å². The molecular weight excluding hydrogens is 340 g/mol. The van der Waals surface area contributed by atoms with E-state index in [1.165, 1.54) is 5.56 Å². The van der Waals surface area contributed by atoms with Crippen LogP contribution < -0.4 is 4.72 Å². The Bertz CT molecular complexity index is 862. The van der Waals surface area contributed by atoms with Crippen molar-refractivity contribution in [1.29, 1.82) is 0 Å². The lowest BCUT2D eigenvalue weighted by molar-refractivity contribution is 0.0976. The number of carbonyl (C=O) groups excluding carboxylic acids is 1. The molecule has 1 amide bonds. The van der Waals surface area contributed by atoms with Crippen molar-refractivity contribution in [2.24, 2.45) is 0 Å². The van der Waals surface area contributed by atoms with E-state index in [0.29, 0.717) is 12.1 Å². The Morgan fingerprint density at radius 1 is 1.20 bits per heavy atom. The third-order valence-electron chi connectivity index (χ3n) is 3.72. The second kappa shape index (κ2) is 6.95. The Morgan fingerprint density at radius 3 is 2.28 bits per heavy atom. The van der Waals surface area contributed by atoms with E-state index in [9.17, 15) is 13.2 Å². The second-order valence-electron chi connectivity index (χ2n) is 7.05. The zero-order valence-electron chi connectivity index (χ0n) is 15.2. The minimum atomic E-state index is -3.66. The minimum Gasteiger partial charge on any atom is -0.266 e. The van der Waals surface area contributed by atoms with E-state index in [-0.39, 0.29) is 11.1 Å². The van der Waals surface area contributed by atoms with Crippen LogP contribution in [0.5, 0.6) is 0 Å². The molecule has 1 aromatic heterocycles. The largest absolute Gasteiger partial charge is 0.287 e. The highest BCUT2D eigenvalue weighted by molar-refractivity contribution is 7.89. The van der Waals surface area contributed by atoms with E-state index in [1.54, 1.807) is 4.68 Å². The minimum absolute atomic E-state index is 0.0344. The molecule has 1 N–H and O–H groups in total. The van der Waals surface area contributed by atoms with Gasteiger partial charge in [-0.05, 0) is 29.5 Å². The Balaban J connectivity index is 2.43. The fourth-order valence-electron chi connectivity index (χ4n) is 2.47. The van der Waals surface area contributed by atoms with Gasteiger partial charge in [0.25, 0.3) is 5.91 Å². The van der Waals surface area contributed by atoms with E-state index >= 15 is 0 Å². The molecule has 0 aliphatic carbocycles. The molecule has 1 heterocycles. The van der Waals surface area contributed by atoms with Crippen molar-refractivity contribution in [2.45, 2.75) is 46.0 Å². The van der Waals surface area contributed by atoms with Crippen molar-refractivity contribution < 1.29 is 13.2 Å². The Morgan fingerprint density at radius 2 is 1.80 bits per heavy atom. The first-order valence-electron chi connectivity index (χ1n) is 8.10. The van der Waals surface area contributed by atoms with Crippen LogP contribution >= 0.6 is 0 Å². The number of rotatable bonds is 5. The second-order valence-corrected chi connectivity index (χ2v) is 8.80. The molecule has 0 saturated carbocycles. The molecule has 0 spiro atoms. The number of nitrogens with zero attached hydrogens (tertiary/aromatic N) is 3. The van der Waals surface area contributed by atoms with Gasteiger partial charge in [0.05, 0.1) is 17.6 Å². The van der Waals surface area contributed by atoms with E-state index in [4.69, 9.17) is 0 Å². The molecule has 0 saturated heterocycles. The van der Waals surface area contributed by atoms with Crippen LogP contribution in [0.2, 0.25) is 0 Å². The molecule has 7 nitrogen and oxygen atoms in total. The summed E-state index contributed by atoms with van der Waals surface area (Å²) in [6, 6.07) is 7.88. The summed E-state index contributed by atoms with van der Waals surface area (Å²) in [6.07, 6.45) is 2.26. The summed E-state index contributed by atoms with van der Waals surface area (Å²) in [4.78, 5) is 12.2. The SMILES string of the molecule is CCCc1c(C(=O)NS(C)(=O)=O)nnn1-c1ccc(C(C)(C)C)cc1. The number of hydrogen-bond acceptors (Lipinski definition) is 5. The highest BCUT2D eigenvalue weighted by Gasteiger charge is 2.22. The van der Waals surface area contributed by atoms with Gasteiger partial charge in [-0.3, -0.25) is 4.79 Å². The van der Waals surface area contributed by atoms with E-state index in [2.05, 4.69) is 31.1 Å². The van der Waals surface area contributed by atoms with Crippen molar-refractivity contribution >= 4 is 15.9 Å². The van der Waals surface area contributed by atoms with E-state index < -0.39 is 15.9 Å². The molecule has 0 aliphatic rings. The maximum Gasteiger partial charge on any atom is 0.287 e. The maximum absolute atomic E-state index is 12.2. The molecular formula is C17H24N4O3S. The van der Waals surface area contributed by atoms with Crippen LogP contribution in [0.3, 0.4) is 0 Å². The van der Waals surface area contributed by atoms with Gasteiger partial charge in [0.1, 0.15) is 0 Å². The molecule has 25 heavy (non-hydrogen) atoms. The van der Waals surface area contributed by atoms with Gasteiger partial charge in [-0.2, -0.15) is 0 Å². The molecule has 0 unspecified atom stereocenters. The zero-order valence-corrected chi connectivity index (χ0v) is 16.0. The van der Waals surface area contributed by atoms with Gasteiger partial charge in [0, 0.05) is 0 Å². The Labute approximate surface area is 148 Å². The van der Waals surface area contributed by atoms with Crippen molar-refractivity contribution in [3.05, 3.63) is 41.2 Å². The molecule has 1 aromatic carbocycles. The number of hydrogen-bond donors (Lipinski definition) is 1. The lowest BCUT2D eigenvalue weighted by atomic mass is 9.87. The van der Waals surface area contributed by atoms with Crippen LogP contribution in [-0.4, -0.2) is 35.6 Å². The van der Waals surface area contributed by atoms with Crippen LogP contribution in [0, 0.1) is 0 Å². The summed E-state index contributed by atoms with van der Waals surface area (Å²) < 4.78 is 26.1. The van der Waals surface area contributed by atoms with Crippen LogP contribution in [0.4, 0.5) is 0 Å². The first-order valence-corrected chi connectivity index (χ1v) is 9.99. The summed E-state index contributed by atoms with van der Waals surface area (Å²) in [6.45, 7) is 8.37. The van der Waals surface area contributed by atoms with Crippen LogP contribution in [0.25, 0.3) is 5.69 Å². The third kappa shape index (κ3) is 4.66. The topological polar surface area (TPSA) is 93.9 Å². The quantitative estimate of drug-likeness (QED) is 0.878. The monoisotopic (exact) mass is 364 g/mol. The van der Waals surface area contributed by atoms with Gasteiger partial charge in [-0.25, -0.2) is 17.8 Å². The standard InChI is InChI=1S/C17H24N4O3S/c1-6-7-14-15(16(22)19-25(5,23)24)18-20-21(14)13-10-8-12(9-11-13)17(2,3)4/h8-11H,6-7H2,1-5H3,(H,19,22). The summed E-state index contributed by atoms with van der Waals surface area (Å²) in [7, 11) is -3.66. The number of amides is 1. The van der Waals surface area contributed by atoms with Gasteiger partial charge in [-0.1, -0.05) is 51.5 Å². The lowest BCUT2D eigenvalue weighted by Gasteiger charge is -2.19. The maximum atomic E-state index is 12.2. The fourth-order valence-corrected chi connectivity index (χ4v) is 2.90. The van der Waals surface area contributed by atoms with Crippen LogP contribution in [0.15, 0.2) is 24.3 Å². The van der Waals surface area contributed by atoms with E-state index in [0.717, 1.165) is 18.4 Å². The van der Waals surface area contributed by atoms with Crippen LogP contribution in [0.1, 0.15) is 55.9 Å². The number of carbonyl (C=O) groups is 1. The number of benzene rings is 1. The van der Waals surface area contributed by atoms with E-state index in [1.807, 2.05) is 35.9 Å². The normalized spacial score (nSPS) is 12.2. The molecule has 0 radical (unpaired) electrons. The van der Waals surface area contributed by atoms with Gasteiger partial charge >= 0.3 is 0 Å². The van der Waals surface area contributed by atoms with Crippen molar-refractivity contribution in [3.8, 4) is 5.69 Å². The summed E-state index contributed by atoms with van der Waals surface area (Å²) in [5, 5.41) is 7.96.